The zero-order chi connectivity index (χ0) is 23.0. The predicted octanol–water partition coefficient (Wildman–Crippen LogP) is 5.21. The number of amides is 1. The van der Waals surface area contributed by atoms with Crippen molar-refractivity contribution in [3.63, 3.8) is 0 Å². The van der Waals surface area contributed by atoms with Crippen molar-refractivity contribution in [2.45, 2.75) is 4.90 Å². The fourth-order valence-corrected chi connectivity index (χ4v) is 5.44. The molecule has 4 rings (SSSR count). The normalized spacial score (nSPS) is 11.5. The molecule has 1 amide bonds. The van der Waals surface area contributed by atoms with Gasteiger partial charge < -0.3 is 9.15 Å². The molecular weight excluding hydrogens is 497 g/mol. The van der Waals surface area contributed by atoms with Crippen LogP contribution in [0.1, 0.15) is 10.4 Å². The van der Waals surface area contributed by atoms with Crippen LogP contribution in [-0.2, 0) is 10.0 Å². The van der Waals surface area contributed by atoms with Crippen LogP contribution in [-0.4, -0.2) is 21.4 Å². The maximum Gasteiger partial charge on any atom is 0.396 e. The molecule has 164 valence electrons. The summed E-state index contributed by atoms with van der Waals surface area (Å²) in [6.07, 6.45) is 0. The fourth-order valence-electron chi connectivity index (χ4n) is 2.95. The predicted molar refractivity (Wildman–Crippen MR) is 124 cm³/mol. The largest absolute Gasteiger partial charge is 0.497 e. The second-order valence-electron chi connectivity index (χ2n) is 6.46. The van der Waals surface area contributed by atoms with Crippen LogP contribution >= 0.6 is 34.5 Å². The highest BCUT2D eigenvalue weighted by molar-refractivity contribution is 7.93. The van der Waals surface area contributed by atoms with Crippen LogP contribution in [0.15, 0.2) is 74.8 Å². The number of nitrogens with zero attached hydrogens (tertiary/aromatic N) is 1. The molecule has 0 atom stereocenters. The van der Waals surface area contributed by atoms with Gasteiger partial charge in [0.05, 0.1) is 32.4 Å². The highest BCUT2D eigenvalue weighted by Crippen LogP contribution is 2.32. The molecule has 0 saturated carbocycles. The van der Waals surface area contributed by atoms with E-state index in [0.29, 0.717) is 14.8 Å². The zero-order valence-electron chi connectivity index (χ0n) is 16.2. The molecule has 0 fully saturated rings. The maximum atomic E-state index is 13.6. The molecule has 3 aromatic carbocycles. The van der Waals surface area contributed by atoms with Gasteiger partial charge in [-0.1, -0.05) is 34.5 Å². The topological polar surface area (TPSA) is 93.9 Å². The summed E-state index contributed by atoms with van der Waals surface area (Å²) in [5.74, 6) is -0.307. The van der Waals surface area contributed by atoms with Crippen molar-refractivity contribution in [3.05, 3.63) is 86.0 Å². The number of anilines is 1. The lowest BCUT2D eigenvalue weighted by atomic mass is 10.2. The van der Waals surface area contributed by atoms with Crippen LogP contribution in [0.5, 0.6) is 5.75 Å². The molecule has 0 saturated heterocycles. The van der Waals surface area contributed by atoms with Crippen LogP contribution in [0.2, 0.25) is 10.0 Å². The molecule has 0 unspecified atom stereocenters. The van der Waals surface area contributed by atoms with Gasteiger partial charge in [0, 0.05) is 5.56 Å². The molecule has 0 radical (unpaired) electrons. The average Bonchev–Trinajstić information content (AvgIpc) is 3.15. The van der Waals surface area contributed by atoms with E-state index in [9.17, 15) is 18.0 Å². The first kappa shape index (κ1) is 22.3. The summed E-state index contributed by atoms with van der Waals surface area (Å²) in [6.45, 7) is 0. The number of carbonyl (C=O) groups is 1. The number of hydrogen-bond acceptors (Lipinski definition) is 7. The molecule has 0 aliphatic heterocycles. The third-order valence-electron chi connectivity index (χ3n) is 4.50. The number of sulfonamides is 1. The van der Waals surface area contributed by atoms with Gasteiger partial charge in [0.15, 0.2) is 0 Å². The number of hydrogen-bond donors (Lipinski definition) is 0. The second-order valence-corrected chi connectivity index (χ2v) is 10.0. The number of carbonyl (C=O) groups excluding carboxylic acids is 1. The summed E-state index contributed by atoms with van der Waals surface area (Å²) < 4.78 is 38.3. The first-order chi connectivity index (χ1) is 15.2. The molecule has 32 heavy (non-hydrogen) atoms. The van der Waals surface area contributed by atoms with Gasteiger partial charge in [0.25, 0.3) is 15.9 Å². The molecule has 0 N–H and O–H groups in total. The van der Waals surface area contributed by atoms with E-state index >= 15 is 0 Å². The molecular formula is C21H13Cl2NO6S2. The molecule has 4 aromatic rings. The number of methoxy groups -OCH3 is 1. The van der Waals surface area contributed by atoms with Crippen LogP contribution in [0.4, 0.5) is 5.69 Å². The van der Waals surface area contributed by atoms with Gasteiger partial charge in [-0.15, -0.1) is 0 Å². The van der Waals surface area contributed by atoms with E-state index in [1.807, 2.05) is 0 Å². The van der Waals surface area contributed by atoms with E-state index in [-0.39, 0.29) is 31.8 Å². The van der Waals surface area contributed by atoms with Crippen molar-refractivity contribution in [2.75, 3.05) is 11.4 Å². The van der Waals surface area contributed by atoms with Crippen molar-refractivity contribution < 1.29 is 22.4 Å². The Morgan fingerprint density at radius 1 is 1.00 bits per heavy atom. The average molecular weight is 510 g/mol. The molecule has 1 heterocycles. The minimum absolute atomic E-state index is 0.0214. The molecule has 7 nitrogen and oxygen atoms in total. The summed E-state index contributed by atoms with van der Waals surface area (Å²) in [6, 6.07) is 14.0. The van der Waals surface area contributed by atoms with Crippen LogP contribution in [0, 0.1) is 0 Å². The fraction of sp³-hybridized carbons (Fsp3) is 0.0476. The number of benzene rings is 3. The number of halogens is 2. The minimum Gasteiger partial charge on any atom is -0.497 e. The van der Waals surface area contributed by atoms with E-state index in [1.54, 1.807) is 12.1 Å². The van der Waals surface area contributed by atoms with Gasteiger partial charge in [-0.25, -0.2) is 13.2 Å². The number of ether oxygens (including phenoxy) is 1. The van der Waals surface area contributed by atoms with E-state index in [2.05, 4.69) is 0 Å². The van der Waals surface area contributed by atoms with Crippen molar-refractivity contribution in [1.82, 2.24) is 0 Å². The SMILES string of the molecule is COc1ccc(C(=O)N(c2ccc3oc(=O)sc3c2)S(=O)(=O)c2ccc(Cl)c(Cl)c2)cc1. The van der Waals surface area contributed by atoms with Crippen molar-refractivity contribution >= 4 is 66.4 Å². The molecule has 11 heteroatoms. The Kier molecular flexibility index (Phi) is 6.00. The smallest absolute Gasteiger partial charge is 0.396 e. The summed E-state index contributed by atoms with van der Waals surface area (Å²) in [7, 11) is -2.94. The highest BCUT2D eigenvalue weighted by atomic mass is 35.5. The lowest BCUT2D eigenvalue weighted by Gasteiger charge is -2.23. The summed E-state index contributed by atoms with van der Waals surface area (Å²) >= 11 is 12.7. The lowest BCUT2D eigenvalue weighted by Crippen LogP contribution is -2.37. The minimum atomic E-state index is -4.41. The first-order valence-corrected chi connectivity index (χ1v) is 11.9. The van der Waals surface area contributed by atoms with Gasteiger partial charge in [-0.2, -0.15) is 4.31 Å². The van der Waals surface area contributed by atoms with E-state index in [1.165, 1.54) is 55.6 Å². The monoisotopic (exact) mass is 509 g/mol. The van der Waals surface area contributed by atoms with Gasteiger partial charge >= 0.3 is 4.94 Å². The number of rotatable bonds is 5. The van der Waals surface area contributed by atoms with Gasteiger partial charge in [-0.05, 0) is 60.7 Å². The van der Waals surface area contributed by atoms with Crippen molar-refractivity contribution in [3.8, 4) is 5.75 Å². The summed E-state index contributed by atoms with van der Waals surface area (Å²) in [5.41, 5.74) is 0.420. The summed E-state index contributed by atoms with van der Waals surface area (Å²) in [4.78, 5) is 24.2. The quantitative estimate of drug-likeness (QED) is 0.366. The van der Waals surface area contributed by atoms with E-state index in [0.717, 1.165) is 11.3 Å². The highest BCUT2D eigenvalue weighted by Gasteiger charge is 2.33. The Bertz CT molecular complexity index is 1490. The van der Waals surface area contributed by atoms with Gasteiger partial charge in [0.2, 0.25) is 0 Å². The molecule has 0 spiro atoms. The molecule has 0 aliphatic carbocycles. The molecule has 0 aliphatic rings. The number of fused-ring (bicyclic) bond motifs is 1. The Labute approximate surface area is 196 Å². The third-order valence-corrected chi connectivity index (χ3v) is 7.73. The third kappa shape index (κ3) is 4.12. The van der Waals surface area contributed by atoms with Gasteiger partial charge in [-0.3, -0.25) is 4.79 Å². The van der Waals surface area contributed by atoms with E-state index < -0.39 is 20.9 Å². The van der Waals surface area contributed by atoms with Gasteiger partial charge in [0.1, 0.15) is 11.3 Å². The molecule has 1 aromatic heterocycles. The van der Waals surface area contributed by atoms with Crippen LogP contribution in [0.25, 0.3) is 10.3 Å². The Hall–Kier alpha value is -2.85. The van der Waals surface area contributed by atoms with Crippen LogP contribution in [0.3, 0.4) is 0 Å². The lowest BCUT2D eigenvalue weighted by molar-refractivity contribution is 0.101. The van der Waals surface area contributed by atoms with Crippen molar-refractivity contribution in [2.24, 2.45) is 0 Å². The Morgan fingerprint density at radius 2 is 1.72 bits per heavy atom. The summed E-state index contributed by atoms with van der Waals surface area (Å²) in [5, 5.41) is 0.191. The van der Waals surface area contributed by atoms with Crippen LogP contribution < -0.4 is 14.0 Å². The van der Waals surface area contributed by atoms with Crippen molar-refractivity contribution in [1.29, 1.82) is 0 Å². The van der Waals surface area contributed by atoms with E-state index in [4.69, 9.17) is 32.4 Å². The first-order valence-electron chi connectivity index (χ1n) is 8.93. The Morgan fingerprint density at radius 3 is 2.38 bits per heavy atom. The Balaban J connectivity index is 1.90. The second kappa shape index (κ2) is 8.59. The zero-order valence-corrected chi connectivity index (χ0v) is 19.4. The standard InChI is InChI=1S/C21H13Cl2NO6S2/c1-29-14-5-2-12(3-6-14)20(25)24(13-4-9-18-19(10-13)31-21(26)30-18)32(27,28)15-7-8-16(22)17(23)11-15/h2-11H,1H3. The molecule has 0 bridgehead atoms. The maximum absolute atomic E-state index is 13.6.